The quantitative estimate of drug-likeness (QED) is 0.216. The SMILES string of the molecule is CCC(C=C1OC(=O)C2=C(c3cc(O)ccc3-c3ccccc3)C3CCC12C1C2=C(CCC31)C(=CCCC1CCNCC1)OC2=O)Cc1ccccc1. The van der Waals surface area contributed by atoms with Crippen LogP contribution in [0, 0.1) is 35.0 Å². The van der Waals surface area contributed by atoms with Crippen molar-refractivity contribution in [2.75, 3.05) is 13.1 Å². The van der Waals surface area contributed by atoms with Crippen LogP contribution in [-0.4, -0.2) is 30.1 Å². The second kappa shape index (κ2) is 13.9. The number of phenols is 1. The Morgan fingerprint density at radius 2 is 1.66 bits per heavy atom. The molecule has 5 unspecified atom stereocenters. The zero-order valence-electron chi connectivity index (χ0n) is 30.6. The van der Waals surface area contributed by atoms with Gasteiger partial charge in [0.25, 0.3) is 0 Å². The van der Waals surface area contributed by atoms with E-state index in [-0.39, 0.29) is 41.4 Å². The predicted molar refractivity (Wildman–Crippen MR) is 206 cm³/mol. The number of phenolic OH excluding ortho intramolecular Hbond substituents is 1. The minimum absolute atomic E-state index is 0.0362. The molecule has 3 fully saturated rings. The summed E-state index contributed by atoms with van der Waals surface area (Å²) in [5.41, 5.74) is 6.85. The van der Waals surface area contributed by atoms with Crippen LogP contribution in [-0.2, 0) is 25.5 Å². The highest BCUT2D eigenvalue weighted by atomic mass is 16.5. The molecular formula is C47H49NO5. The zero-order valence-corrected chi connectivity index (χ0v) is 30.6. The summed E-state index contributed by atoms with van der Waals surface area (Å²) in [6.07, 6.45) is 13.8. The van der Waals surface area contributed by atoms with E-state index in [9.17, 15) is 14.7 Å². The van der Waals surface area contributed by atoms with Crippen LogP contribution in [0.3, 0.4) is 0 Å². The molecule has 3 aromatic rings. The van der Waals surface area contributed by atoms with Crippen molar-refractivity contribution in [3.05, 3.63) is 130 Å². The van der Waals surface area contributed by atoms with Gasteiger partial charge in [0.2, 0.25) is 0 Å². The van der Waals surface area contributed by atoms with Gasteiger partial charge in [0.05, 0.1) is 11.0 Å². The maximum absolute atomic E-state index is 14.6. The summed E-state index contributed by atoms with van der Waals surface area (Å²) in [6, 6.07) is 26.3. The number of carbonyl (C=O) groups is 2. The number of aromatic hydroxyl groups is 1. The first-order chi connectivity index (χ1) is 26.0. The van der Waals surface area contributed by atoms with E-state index in [4.69, 9.17) is 9.47 Å². The lowest BCUT2D eigenvalue weighted by Crippen LogP contribution is -2.52. The molecule has 272 valence electrons. The third-order valence-corrected chi connectivity index (χ3v) is 13.3. The predicted octanol–water partition coefficient (Wildman–Crippen LogP) is 9.48. The first-order valence-electron chi connectivity index (χ1n) is 19.9. The summed E-state index contributed by atoms with van der Waals surface area (Å²) in [5.74, 6) is 1.85. The van der Waals surface area contributed by atoms with E-state index < -0.39 is 5.41 Å². The molecule has 10 rings (SSSR count). The van der Waals surface area contributed by atoms with Gasteiger partial charge >= 0.3 is 11.9 Å². The summed E-state index contributed by atoms with van der Waals surface area (Å²) in [7, 11) is 0. The highest BCUT2D eigenvalue weighted by molar-refractivity contribution is 6.07. The van der Waals surface area contributed by atoms with Crippen molar-refractivity contribution in [2.45, 2.75) is 71.1 Å². The summed E-state index contributed by atoms with van der Waals surface area (Å²) in [4.78, 5) is 28.8. The maximum atomic E-state index is 14.6. The second-order valence-electron chi connectivity index (χ2n) is 16.1. The highest BCUT2D eigenvalue weighted by Crippen LogP contribution is 2.72. The molecule has 0 amide bonds. The van der Waals surface area contributed by atoms with Crippen LogP contribution < -0.4 is 5.32 Å². The standard InChI is InChI=1S/C47H49NO5/c1-2-29(26-31-10-5-3-6-11-31)27-40-47-23-20-35(41(44(47)46(51)53-40)38-28-33(49)16-17-34(38)32-13-7-4-8-14-32)36-18-19-37-39(52-45(50)42(37)43(36)47)15-9-12-30-21-24-48-25-22-30/h3-8,10-11,13-17,27-30,35-36,43,48-49H,2,9,12,18-26H2,1H3. The summed E-state index contributed by atoms with van der Waals surface area (Å²) in [6.45, 7) is 4.34. The topological polar surface area (TPSA) is 84.9 Å². The Bertz CT molecular complexity index is 2050. The van der Waals surface area contributed by atoms with Crippen LogP contribution in [0.5, 0.6) is 5.75 Å². The van der Waals surface area contributed by atoms with Crippen molar-refractivity contribution in [2.24, 2.45) is 35.0 Å². The van der Waals surface area contributed by atoms with Crippen molar-refractivity contribution in [1.82, 2.24) is 5.32 Å². The van der Waals surface area contributed by atoms with E-state index in [2.05, 4.69) is 60.8 Å². The minimum Gasteiger partial charge on any atom is -0.508 e. The van der Waals surface area contributed by atoms with E-state index >= 15 is 0 Å². The average Bonchev–Trinajstić information content (AvgIpc) is 3.67. The van der Waals surface area contributed by atoms with Crippen LogP contribution in [0.4, 0.5) is 0 Å². The van der Waals surface area contributed by atoms with Gasteiger partial charge in [-0.1, -0.05) is 73.7 Å². The van der Waals surface area contributed by atoms with Crippen molar-refractivity contribution < 1.29 is 24.2 Å². The Labute approximate surface area is 312 Å². The van der Waals surface area contributed by atoms with Gasteiger partial charge in [-0.05, 0) is 153 Å². The van der Waals surface area contributed by atoms with Gasteiger partial charge < -0.3 is 19.9 Å². The molecule has 3 aromatic carbocycles. The first kappa shape index (κ1) is 34.1. The molecule has 4 aliphatic carbocycles. The van der Waals surface area contributed by atoms with E-state index in [1.54, 1.807) is 6.07 Å². The molecule has 2 N–H and O–H groups in total. The van der Waals surface area contributed by atoms with E-state index in [0.717, 1.165) is 104 Å². The lowest BCUT2D eigenvalue weighted by Gasteiger charge is -2.56. The van der Waals surface area contributed by atoms with Gasteiger partial charge in [-0.25, -0.2) is 9.59 Å². The summed E-state index contributed by atoms with van der Waals surface area (Å²) < 4.78 is 12.7. The van der Waals surface area contributed by atoms with Crippen molar-refractivity contribution in [3.63, 3.8) is 0 Å². The number of piperidine rings is 1. The number of esters is 2. The molecule has 6 heteroatoms. The van der Waals surface area contributed by atoms with Gasteiger partial charge in [-0.2, -0.15) is 0 Å². The minimum atomic E-state index is -0.792. The second-order valence-corrected chi connectivity index (χ2v) is 16.1. The number of allylic oxidation sites excluding steroid dienone is 5. The largest absolute Gasteiger partial charge is 0.508 e. The molecule has 2 bridgehead atoms. The molecule has 1 saturated carbocycles. The third kappa shape index (κ3) is 5.81. The molecule has 5 atom stereocenters. The molecule has 3 heterocycles. The molecule has 6 nitrogen and oxygen atoms in total. The van der Waals surface area contributed by atoms with E-state index in [1.165, 1.54) is 18.4 Å². The van der Waals surface area contributed by atoms with Crippen LogP contribution >= 0.6 is 0 Å². The lowest BCUT2D eigenvalue weighted by molar-refractivity contribution is -0.135. The van der Waals surface area contributed by atoms with Crippen LogP contribution in [0.2, 0.25) is 0 Å². The van der Waals surface area contributed by atoms with Gasteiger partial charge in [-0.15, -0.1) is 0 Å². The van der Waals surface area contributed by atoms with Gasteiger partial charge in [0, 0.05) is 17.1 Å². The number of fused-ring (bicyclic) bond motifs is 1. The molecule has 1 spiro atoms. The monoisotopic (exact) mass is 707 g/mol. The fourth-order valence-electron chi connectivity index (χ4n) is 10.9. The lowest BCUT2D eigenvalue weighted by atomic mass is 9.44. The molecule has 3 aliphatic heterocycles. The number of hydrogen-bond donors (Lipinski definition) is 2. The van der Waals surface area contributed by atoms with Crippen molar-refractivity contribution >= 4 is 17.5 Å². The summed E-state index contributed by atoms with van der Waals surface area (Å²) in [5, 5.41) is 14.4. The van der Waals surface area contributed by atoms with Gasteiger partial charge in [0.1, 0.15) is 17.3 Å². The van der Waals surface area contributed by atoms with Gasteiger partial charge in [-0.3, -0.25) is 0 Å². The Hall–Kier alpha value is -4.68. The first-order valence-corrected chi connectivity index (χ1v) is 19.9. The molecule has 53 heavy (non-hydrogen) atoms. The van der Waals surface area contributed by atoms with Crippen molar-refractivity contribution in [3.8, 4) is 16.9 Å². The fourth-order valence-corrected chi connectivity index (χ4v) is 10.9. The number of ether oxygens (including phenoxy) is 2. The average molecular weight is 708 g/mol. The fraction of sp³-hybridized carbons (Fsp3) is 0.404. The molecule has 0 radical (unpaired) electrons. The smallest absolute Gasteiger partial charge is 0.340 e. The number of rotatable bonds is 9. The Morgan fingerprint density at radius 1 is 0.887 bits per heavy atom. The number of hydrogen-bond acceptors (Lipinski definition) is 6. The van der Waals surface area contributed by atoms with Gasteiger partial charge in [0.15, 0.2) is 0 Å². The van der Waals surface area contributed by atoms with Crippen LogP contribution in [0.15, 0.2) is 119 Å². The molecule has 2 saturated heterocycles. The molecule has 0 aromatic heterocycles. The number of benzene rings is 3. The van der Waals surface area contributed by atoms with Crippen LogP contribution in [0.25, 0.3) is 16.7 Å². The Morgan fingerprint density at radius 3 is 2.43 bits per heavy atom. The Kier molecular flexibility index (Phi) is 8.98. The summed E-state index contributed by atoms with van der Waals surface area (Å²) >= 11 is 0. The molecular weight excluding hydrogens is 659 g/mol. The number of cyclic esters (lactones) is 2. The van der Waals surface area contributed by atoms with Crippen molar-refractivity contribution in [1.29, 1.82) is 0 Å². The van der Waals surface area contributed by atoms with Crippen LogP contribution in [0.1, 0.15) is 75.8 Å². The maximum Gasteiger partial charge on any atom is 0.340 e. The molecule has 7 aliphatic rings. The third-order valence-electron chi connectivity index (χ3n) is 13.3. The van der Waals surface area contributed by atoms with E-state index in [0.29, 0.717) is 17.3 Å². The van der Waals surface area contributed by atoms with E-state index in [1.807, 2.05) is 36.4 Å². The normalized spacial score (nSPS) is 28.6. The highest BCUT2D eigenvalue weighted by Gasteiger charge is 2.68. The number of carbonyl (C=O) groups excluding carboxylic acids is 2. The number of nitrogens with one attached hydrogen (secondary N) is 1. The zero-order chi connectivity index (χ0) is 36.1. The Balaban J connectivity index is 1.20.